The molecule has 7 nitrogen and oxygen atoms in total. The molecule has 1 saturated heterocycles. The number of para-hydroxylation sites is 1. The molecule has 7 heteroatoms. The number of fused-ring (bicyclic) bond motifs is 1. The van der Waals surface area contributed by atoms with Crippen molar-refractivity contribution in [3.63, 3.8) is 0 Å². The van der Waals surface area contributed by atoms with Crippen LogP contribution >= 0.6 is 0 Å². The second kappa shape index (κ2) is 9.98. The van der Waals surface area contributed by atoms with Crippen LogP contribution in [0.5, 0.6) is 0 Å². The molecule has 2 atom stereocenters. The Morgan fingerprint density at radius 3 is 2.11 bits per heavy atom. The predicted molar refractivity (Wildman–Crippen MR) is 147 cm³/mol. The number of benzene rings is 3. The molecule has 0 saturated carbocycles. The van der Waals surface area contributed by atoms with E-state index in [9.17, 15) is 14.4 Å². The number of hydrogen-bond acceptors (Lipinski definition) is 4. The van der Waals surface area contributed by atoms with Crippen LogP contribution in [0, 0.1) is 13.8 Å². The van der Waals surface area contributed by atoms with E-state index >= 15 is 0 Å². The molecule has 1 unspecified atom stereocenters. The van der Waals surface area contributed by atoms with E-state index in [-0.39, 0.29) is 17.5 Å². The maximum Gasteiger partial charge on any atom is 0.524 e. The molecule has 0 radical (unpaired) electrons. The highest BCUT2D eigenvalue weighted by Gasteiger charge is 2.55. The number of carbonyl (C=O) groups is 3. The summed E-state index contributed by atoms with van der Waals surface area (Å²) < 4.78 is 5.34. The highest BCUT2D eigenvalue weighted by Crippen LogP contribution is 2.36. The smallest absolute Gasteiger partial charge is 0.414 e. The Hall–Kier alpha value is -3.71. The van der Waals surface area contributed by atoms with Crippen LogP contribution in [0.4, 0.5) is 21.0 Å². The van der Waals surface area contributed by atoms with Gasteiger partial charge >= 0.3 is 18.0 Å². The third-order valence-corrected chi connectivity index (χ3v) is 7.05. The summed E-state index contributed by atoms with van der Waals surface area (Å²) >= 11 is 0. The van der Waals surface area contributed by atoms with Gasteiger partial charge in [0.25, 0.3) is 0 Å². The number of quaternary nitrogens is 1. The number of anilines is 2. The van der Waals surface area contributed by atoms with Crippen LogP contribution in [-0.4, -0.2) is 40.7 Å². The molecule has 4 rings (SSSR count). The number of urea groups is 1. The van der Waals surface area contributed by atoms with Gasteiger partial charge in [0.2, 0.25) is 0 Å². The number of imide groups is 1. The van der Waals surface area contributed by atoms with Crippen molar-refractivity contribution >= 4 is 40.2 Å². The van der Waals surface area contributed by atoms with E-state index in [0.29, 0.717) is 12.2 Å². The van der Waals surface area contributed by atoms with Gasteiger partial charge in [0.15, 0.2) is 0 Å². The van der Waals surface area contributed by atoms with Gasteiger partial charge in [-0.2, -0.15) is 9.28 Å². The van der Waals surface area contributed by atoms with E-state index in [1.807, 2.05) is 63.2 Å². The predicted octanol–water partition coefficient (Wildman–Crippen LogP) is 7.18. The molecule has 1 fully saturated rings. The van der Waals surface area contributed by atoms with Crippen molar-refractivity contribution in [2.45, 2.75) is 66.0 Å². The first kappa shape index (κ1) is 26.4. The fourth-order valence-electron chi connectivity index (χ4n) is 5.09. The lowest BCUT2D eigenvalue weighted by atomic mass is 10.0. The van der Waals surface area contributed by atoms with Gasteiger partial charge in [0.1, 0.15) is 17.2 Å². The topological polar surface area (TPSA) is 84.5 Å². The van der Waals surface area contributed by atoms with Gasteiger partial charge in [0.05, 0.1) is 12.2 Å². The van der Waals surface area contributed by atoms with E-state index in [0.717, 1.165) is 40.4 Å². The van der Waals surface area contributed by atoms with Gasteiger partial charge in [-0.25, -0.2) is 9.59 Å². The lowest BCUT2D eigenvalue weighted by Gasteiger charge is -2.34. The third-order valence-electron chi connectivity index (χ3n) is 7.05. The molecule has 1 aliphatic heterocycles. The summed E-state index contributed by atoms with van der Waals surface area (Å²) in [5, 5.41) is 7.54. The summed E-state index contributed by atoms with van der Waals surface area (Å²) in [6, 6.07) is 16.3. The van der Waals surface area contributed by atoms with Gasteiger partial charge in [0, 0.05) is 18.5 Å². The maximum absolute atomic E-state index is 14.3. The van der Waals surface area contributed by atoms with Crippen LogP contribution in [0.15, 0.2) is 54.6 Å². The molecule has 3 aromatic carbocycles. The second-order valence-electron chi connectivity index (χ2n) is 11.0. The van der Waals surface area contributed by atoms with Gasteiger partial charge in [-0.05, 0) is 75.6 Å². The van der Waals surface area contributed by atoms with Crippen molar-refractivity contribution in [3.8, 4) is 0 Å². The Labute approximate surface area is 218 Å². The van der Waals surface area contributed by atoms with Gasteiger partial charge < -0.3 is 15.4 Å². The number of carbonyl (C=O) groups excluding carboxylic acids is 3. The van der Waals surface area contributed by atoms with Crippen molar-refractivity contribution < 1.29 is 23.6 Å². The van der Waals surface area contributed by atoms with Crippen molar-refractivity contribution in [1.82, 2.24) is 0 Å². The number of aryl methyl sites for hydroxylation is 2. The molecule has 1 aliphatic rings. The molecule has 0 bridgehead atoms. The monoisotopic (exact) mass is 502 g/mol. The Balaban J connectivity index is 1.77. The van der Waals surface area contributed by atoms with Gasteiger partial charge in [-0.15, -0.1) is 0 Å². The molecule has 37 heavy (non-hydrogen) atoms. The molecule has 194 valence electrons. The van der Waals surface area contributed by atoms with Crippen LogP contribution in [0.25, 0.3) is 10.8 Å². The first-order valence-electron chi connectivity index (χ1n) is 12.8. The van der Waals surface area contributed by atoms with E-state index < -0.39 is 22.2 Å². The molecule has 0 aromatic heterocycles. The van der Waals surface area contributed by atoms with Crippen LogP contribution in [0.3, 0.4) is 0 Å². The average Bonchev–Trinajstić information content (AvgIpc) is 3.22. The molecule has 0 aliphatic carbocycles. The maximum atomic E-state index is 14.3. The zero-order valence-corrected chi connectivity index (χ0v) is 22.5. The third kappa shape index (κ3) is 5.23. The van der Waals surface area contributed by atoms with Crippen LogP contribution in [0.2, 0.25) is 0 Å². The summed E-state index contributed by atoms with van der Waals surface area (Å²) in [4.78, 5) is 41.0. The van der Waals surface area contributed by atoms with Crippen LogP contribution in [-0.2, 0) is 4.74 Å². The largest absolute Gasteiger partial charge is 0.524 e. The Kier molecular flexibility index (Phi) is 7.11. The summed E-state index contributed by atoms with van der Waals surface area (Å²) in [6.07, 6.45) is 0.908. The number of rotatable bonds is 3. The van der Waals surface area contributed by atoms with E-state index in [2.05, 4.69) is 10.6 Å². The van der Waals surface area contributed by atoms with E-state index in [1.165, 1.54) is 0 Å². The summed E-state index contributed by atoms with van der Waals surface area (Å²) in [5.74, 6) is -0.368. The first-order chi connectivity index (χ1) is 17.4. The number of ether oxygens (including phenoxy) is 1. The van der Waals surface area contributed by atoms with Gasteiger partial charge in [-0.3, -0.25) is 0 Å². The number of likely N-dealkylation sites (tertiary alicyclic amines) is 1. The Morgan fingerprint density at radius 1 is 0.919 bits per heavy atom. The van der Waals surface area contributed by atoms with E-state index in [1.54, 1.807) is 32.9 Å². The number of nitrogens with one attached hydrogen (secondary N) is 2. The molecule has 0 spiro atoms. The summed E-state index contributed by atoms with van der Waals surface area (Å²) in [5.41, 5.74) is 2.50. The van der Waals surface area contributed by atoms with Crippen molar-refractivity contribution in [2.75, 3.05) is 17.2 Å². The highest BCUT2D eigenvalue weighted by atomic mass is 16.6. The summed E-state index contributed by atoms with van der Waals surface area (Å²) in [6.45, 7) is 11.5. The number of amides is 4. The SMILES string of the molecule is Cc1cccc(C)c1NC(=O)Nc1cc2ccccc2cc1C(=O)[N+]1(C(=O)OC(C)(C)C)CCC[C@H]1C. The molecule has 4 amide bonds. The minimum Gasteiger partial charge on any atom is -0.414 e. The number of hydrogen-bond donors (Lipinski definition) is 2. The Morgan fingerprint density at radius 2 is 1.54 bits per heavy atom. The van der Waals surface area contributed by atoms with Gasteiger partial charge in [-0.1, -0.05) is 42.5 Å². The highest BCUT2D eigenvalue weighted by molar-refractivity contribution is 6.09. The standard InChI is InChI=1S/C30H35N3O4/c1-19-11-9-12-20(2)26(19)32-28(35)31-25-18-23-15-8-7-14-22(23)17-24(25)27(34)33(16-10-13-21(33)3)29(36)37-30(4,5)6/h7-9,11-12,14-15,17-18,21H,10,13,16H2,1-6H3,(H-,31,32,34,35)/p+1/t21-,33?/m1/s1. The van der Waals surface area contributed by atoms with Crippen molar-refractivity contribution in [2.24, 2.45) is 0 Å². The molecule has 3 aromatic rings. The van der Waals surface area contributed by atoms with Crippen molar-refractivity contribution in [1.29, 1.82) is 0 Å². The lowest BCUT2D eigenvalue weighted by molar-refractivity contribution is -0.787. The Bertz CT molecular complexity index is 1350. The fraction of sp³-hybridized carbons (Fsp3) is 0.367. The van der Waals surface area contributed by atoms with Crippen molar-refractivity contribution in [3.05, 3.63) is 71.3 Å². The zero-order chi connectivity index (χ0) is 27.0. The second-order valence-corrected chi connectivity index (χ2v) is 11.0. The lowest BCUT2D eigenvalue weighted by Crippen LogP contribution is -2.60. The van der Waals surface area contributed by atoms with Crippen LogP contribution < -0.4 is 10.6 Å². The minimum absolute atomic E-state index is 0.245. The van der Waals surface area contributed by atoms with Crippen LogP contribution in [0.1, 0.15) is 62.0 Å². The zero-order valence-electron chi connectivity index (χ0n) is 22.5. The fourth-order valence-corrected chi connectivity index (χ4v) is 5.09. The number of nitrogens with zero attached hydrogens (tertiary/aromatic N) is 1. The quantitative estimate of drug-likeness (QED) is 0.372. The average molecular weight is 503 g/mol. The minimum atomic E-state index is -0.735. The normalized spacial score (nSPS) is 19.5. The summed E-state index contributed by atoms with van der Waals surface area (Å²) in [7, 11) is 0. The molecule has 1 heterocycles. The molecular formula is C30H36N3O4+. The molecular weight excluding hydrogens is 466 g/mol. The first-order valence-corrected chi connectivity index (χ1v) is 12.8. The molecule has 2 N–H and O–H groups in total. The van der Waals surface area contributed by atoms with E-state index in [4.69, 9.17) is 4.74 Å².